The van der Waals surface area contributed by atoms with E-state index in [-0.39, 0.29) is 10.1 Å². The lowest BCUT2D eigenvalue weighted by molar-refractivity contribution is -0.131. The zero-order valence-corrected chi connectivity index (χ0v) is 8.04. The standard InChI is InChI=1S/C7H7N3O3S/c1-2-8-10-7-9-6(13)4(14-7)3-5(11)12/h2-3H,1H3,(H,11,12)(H,9,10,13)/b4-3-,8-2+. The molecule has 0 aromatic carbocycles. The third-order valence-electron chi connectivity index (χ3n) is 1.17. The van der Waals surface area contributed by atoms with Gasteiger partial charge in [0.15, 0.2) is 5.17 Å². The molecular formula is C7H7N3O3S. The molecule has 14 heavy (non-hydrogen) atoms. The van der Waals surface area contributed by atoms with E-state index in [9.17, 15) is 9.59 Å². The molecule has 74 valence electrons. The van der Waals surface area contributed by atoms with Crippen LogP contribution in [0.4, 0.5) is 0 Å². The van der Waals surface area contributed by atoms with E-state index in [0.717, 1.165) is 17.8 Å². The first-order chi connectivity index (χ1) is 6.63. The summed E-state index contributed by atoms with van der Waals surface area (Å²) in [5, 5.41) is 18.3. The summed E-state index contributed by atoms with van der Waals surface area (Å²) in [6.07, 6.45) is 2.29. The smallest absolute Gasteiger partial charge is 0.329 e. The van der Waals surface area contributed by atoms with Crippen molar-refractivity contribution in [3.8, 4) is 0 Å². The van der Waals surface area contributed by atoms with Gasteiger partial charge in [0.1, 0.15) is 0 Å². The molecule has 7 heteroatoms. The first-order valence-electron chi connectivity index (χ1n) is 3.63. The Balaban J connectivity index is 2.79. The molecule has 1 aliphatic rings. The van der Waals surface area contributed by atoms with Crippen molar-refractivity contribution in [2.45, 2.75) is 6.92 Å². The Morgan fingerprint density at radius 2 is 2.36 bits per heavy atom. The molecule has 0 bridgehead atoms. The van der Waals surface area contributed by atoms with Crippen LogP contribution in [0.3, 0.4) is 0 Å². The molecule has 0 unspecified atom stereocenters. The number of aliphatic carboxylic acids is 1. The van der Waals surface area contributed by atoms with Crippen molar-refractivity contribution in [2.75, 3.05) is 0 Å². The molecule has 0 atom stereocenters. The van der Waals surface area contributed by atoms with Crippen LogP contribution in [0.15, 0.2) is 21.2 Å². The minimum Gasteiger partial charge on any atom is -0.478 e. The fourth-order valence-corrected chi connectivity index (χ4v) is 1.44. The molecule has 0 radical (unpaired) electrons. The van der Waals surface area contributed by atoms with Crippen LogP contribution in [-0.2, 0) is 9.59 Å². The predicted octanol–water partition coefficient (Wildman–Crippen LogP) is 0.180. The molecule has 0 aliphatic carbocycles. The summed E-state index contributed by atoms with van der Waals surface area (Å²) in [5.74, 6) is -1.63. The molecule has 1 fully saturated rings. The van der Waals surface area contributed by atoms with Crippen LogP contribution in [-0.4, -0.2) is 28.4 Å². The van der Waals surface area contributed by atoms with Gasteiger partial charge in [0, 0.05) is 12.3 Å². The van der Waals surface area contributed by atoms with E-state index < -0.39 is 11.9 Å². The number of amides is 1. The molecule has 0 aromatic rings. The maximum absolute atomic E-state index is 11.1. The summed E-state index contributed by atoms with van der Waals surface area (Å²) in [7, 11) is 0. The van der Waals surface area contributed by atoms with Crippen molar-refractivity contribution >= 4 is 35.0 Å². The Bertz CT molecular complexity index is 359. The Morgan fingerprint density at radius 1 is 1.64 bits per heavy atom. The number of carboxylic acid groups (broad SMARTS) is 1. The van der Waals surface area contributed by atoms with E-state index in [1.807, 2.05) is 0 Å². The number of hydrogen-bond donors (Lipinski definition) is 2. The van der Waals surface area contributed by atoms with Gasteiger partial charge < -0.3 is 5.11 Å². The highest BCUT2D eigenvalue weighted by molar-refractivity contribution is 8.18. The lowest BCUT2D eigenvalue weighted by Gasteiger charge is -1.86. The predicted molar refractivity (Wildman–Crippen MR) is 53.1 cm³/mol. The van der Waals surface area contributed by atoms with Gasteiger partial charge in [0.2, 0.25) is 0 Å². The third kappa shape index (κ3) is 2.70. The average molecular weight is 213 g/mol. The highest BCUT2D eigenvalue weighted by Gasteiger charge is 2.24. The van der Waals surface area contributed by atoms with Crippen LogP contribution in [0.2, 0.25) is 0 Å². The van der Waals surface area contributed by atoms with Gasteiger partial charge in [-0.25, -0.2) is 4.79 Å². The number of thioether (sulfide) groups is 1. The van der Waals surface area contributed by atoms with Gasteiger partial charge >= 0.3 is 5.97 Å². The van der Waals surface area contributed by atoms with Crippen LogP contribution in [0.1, 0.15) is 6.92 Å². The molecule has 1 aliphatic heterocycles. The molecule has 1 amide bonds. The van der Waals surface area contributed by atoms with Gasteiger partial charge in [-0.2, -0.15) is 5.10 Å². The molecule has 0 spiro atoms. The first kappa shape index (κ1) is 10.5. The SMILES string of the molecule is C/C=N/N=C1/NC(=O)/C(=C/C(=O)O)S1. The maximum Gasteiger partial charge on any atom is 0.329 e. The van der Waals surface area contributed by atoms with Gasteiger partial charge in [-0.15, -0.1) is 5.10 Å². The molecule has 2 N–H and O–H groups in total. The summed E-state index contributed by atoms with van der Waals surface area (Å²) in [5.41, 5.74) is 0. The largest absolute Gasteiger partial charge is 0.478 e. The highest BCUT2D eigenvalue weighted by atomic mass is 32.2. The average Bonchev–Trinajstić information content (AvgIpc) is 2.43. The van der Waals surface area contributed by atoms with E-state index in [1.54, 1.807) is 6.92 Å². The summed E-state index contributed by atoms with van der Waals surface area (Å²) < 4.78 is 0. The molecule has 1 heterocycles. The summed E-state index contributed by atoms with van der Waals surface area (Å²) in [4.78, 5) is 21.5. The van der Waals surface area contributed by atoms with Crippen molar-refractivity contribution in [2.24, 2.45) is 10.2 Å². The Kier molecular flexibility index (Phi) is 3.41. The normalized spacial score (nSPS) is 22.2. The molecular weight excluding hydrogens is 206 g/mol. The van der Waals surface area contributed by atoms with Gasteiger partial charge in [0.05, 0.1) is 4.91 Å². The Hall–Kier alpha value is -1.63. The van der Waals surface area contributed by atoms with Crippen molar-refractivity contribution < 1.29 is 14.7 Å². The monoisotopic (exact) mass is 213 g/mol. The fourth-order valence-electron chi connectivity index (χ4n) is 0.697. The molecule has 6 nitrogen and oxygen atoms in total. The molecule has 1 rings (SSSR count). The quantitative estimate of drug-likeness (QED) is 0.389. The second-order valence-electron chi connectivity index (χ2n) is 2.18. The number of nitrogens with one attached hydrogen (secondary N) is 1. The zero-order chi connectivity index (χ0) is 10.6. The van der Waals surface area contributed by atoms with Crippen LogP contribution < -0.4 is 5.32 Å². The van der Waals surface area contributed by atoms with Crippen molar-refractivity contribution in [1.29, 1.82) is 0 Å². The van der Waals surface area contributed by atoms with Crippen molar-refractivity contribution in [1.82, 2.24) is 5.32 Å². The van der Waals surface area contributed by atoms with Gasteiger partial charge in [-0.3, -0.25) is 10.1 Å². The van der Waals surface area contributed by atoms with Crippen LogP contribution >= 0.6 is 11.8 Å². The zero-order valence-electron chi connectivity index (χ0n) is 7.22. The van der Waals surface area contributed by atoms with E-state index >= 15 is 0 Å². The second-order valence-corrected chi connectivity index (χ2v) is 3.21. The second kappa shape index (κ2) is 4.56. The van der Waals surface area contributed by atoms with E-state index in [4.69, 9.17) is 5.11 Å². The molecule has 0 aromatic heterocycles. The minimum atomic E-state index is -1.16. The number of carbonyl (C=O) groups excluding carboxylic acids is 1. The van der Waals surface area contributed by atoms with E-state index in [2.05, 4.69) is 15.5 Å². The summed E-state index contributed by atoms with van der Waals surface area (Å²) in [6, 6.07) is 0. The number of carbonyl (C=O) groups is 2. The van der Waals surface area contributed by atoms with Crippen molar-refractivity contribution in [3.63, 3.8) is 0 Å². The third-order valence-corrected chi connectivity index (χ3v) is 2.07. The van der Waals surface area contributed by atoms with Crippen LogP contribution in [0, 0.1) is 0 Å². The Labute approximate surface area is 83.8 Å². The Morgan fingerprint density at radius 3 is 2.93 bits per heavy atom. The van der Waals surface area contributed by atoms with Gasteiger partial charge in [-0.1, -0.05) is 0 Å². The number of nitrogens with zero attached hydrogens (tertiary/aromatic N) is 2. The highest BCUT2D eigenvalue weighted by Crippen LogP contribution is 2.22. The lowest BCUT2D eigenvalue weighted by atomic mass is 10.5. The molecule has 0 saturated carbocycles. The van der Waals surface area contributed by atoms with Crippen LogP contribution in [0.25, 0.3) is 0 Å². The maximum atomic E-state index is 11.1. The van der Waals surface area contributed by atoms with E-state index in [0.29, 0.717) is 0 Å². The molecule has 1 saturated heterocycles. The number of hydrogen-bond acceptors (Lipinski definition) is 5. The van der Waals surface area contributed by atoms with Gasteiger partial charge in [-0.05, 0) is 18.7 Å². The minimum absolute atomic E-state index is 0.0996. The van der Waals surface area contributed by atoms with Crippen molar-refractivity contribution in [3.05, 3.63) is 11.0 Å². The van der Waals surface area contributed by atoms with Gasteiger partial charge in [0.25, 0.3) is 5.91 Å². The first-order valence-corrected chi connectivity index (χ1v) is 4.44. The lowest BCUT2D eigenvalue weighted by Crippen LogP contribution is -2.19. The fraction of sp³-hybridized carbons (Fsp3) is 0.143. The topological polar surface area (TPSA) is 91.1 Å². The number of rotatable bonds is 2. The summed E-state index contributed by atoms with van der Waals surface area (Å²) >= 11 is 0.943. The van der Waals surface area contributed by atoms with E-state index in [1.165, 1.54) is 6.21 Å². The van der Waals surface area contributed by atoms with Crippen LogP contribution in [0.5, 0.6) is 0 Å². The summed E-state index contributed by atoms with van der Waals surface area (Å²) in [6.45, 7) is 1.68. The number of carboxylic acids is 1. The number of amidine groups is 1.